The van der Waals surface area contributed by atoms with Gasteiger partial charge in [-0.05, 0) is 24.6 Å². The largest absolute Gasteiger partial charge is 0.341 e. The van der Waals surface area contributed by atoms with Crippen molar-refractivity contribution < 1.29 is 9.18 Å². The molecular formula is C13H18ClFN2O. The van der Waals surface area contributed by atoms with Crippen LogP contribution in [0.3, 0.4) is 0 Å². The first-order valence-electron chi connectivity index (χ1n) is 5.99. The third-order valence-electron chi connectivity index (χ3n) is 2.99. The second-order valence-corrected chi connectivity index (χ2v) is 4.25. The second kappa shape index (κ2) is 7.34. The van der Waals surface area contributed by atoms with Crippen molar-refractivity contribution in [1.82, 2.24) is 10.2 Å². The van der Waals surface area contributed by atoms with Crippen LogP contribution in [0.1, 0.15) is 12.0 Å². The topological polar surface area (TPSA) is 32.3 Å². The fourth-order valence-corrected chi connectivity index (χ4v) is 2.01. The fraction of sp³-hybridized carbons (Fsp3) is 0.462. The van der Waals surface area contributed by atoms with Crippen LogP contribution in [0, 0.1) is 5.82 Å². The number of nitrogens with one attached hydrogen (secondary N) is 1. The molecule has 2 rings (SSSR count). The van der Waals surface area contributed by atoms with Gasteiger partial charge in [-0.15, -0.1) is 12.4 Å². The molecule has 1 amide bonds. The first-order chi connectivity index (χ1) is 8.27. The molecule has 1 aliphatic heterocycles. The average Bonchev–Trinajstić information content (AvgIpc) is 2.61. The molecule has 1 fully saturated rings. The summed E-state index contributed by atoms with van der Waals surface area (Å²) >= 11 is 0. The number of amides is 1. The van der Waals surface area contributed by atoms with Gasteiger partial charge in [0.05, 0.1) is 6.42 Å². The summed E-state index contributed by atoms with van der Waals surface area (Å²) in [6, 6.07) is 6.46. The second-order valence-electron chi connectivity index (χ2n) is 4.25. The van der Waals surface area contributed by atoms with Crippen LogP contribution in [-0.4, -0.2) is 37.0 Å². The van der Waals surface area contributed by atoms with E-state index in [-0.39, 0.29) is 30.6 Å². The first-order valence-corrected chi connectivity index (χ1v) is 5.99. The highest BCUT2D eigenvalue weighted by atomic mass is 35.5. The van der Waals surface area contributed by atoms with Gasteiger partial charge >= 0.3 is 0 Å². The van der Waals surface area contributed by atoms with Crippen LogP contribution >= 0.6 is 12.4 Å². The first kappa shape index (κ1) is 14.9. The van der Waals surface area contributed by atoms with Gasteiger partial charge in [0.2, 0.25) is 5.91 Å². The van der Waals surface area contributed by atoms with Gasteiger partial charge < -0.3 is 10.2 Å². The Morgan fingerprint density at radius 3 is 2.83 bits per heavy atom. The third-order valence-corrected chi connectivity index (χ3v) is 2.99. The van der Waals surface area contributed by atoms with Crippen molar-refractivity contribution in [3.05, 3.63) is 35.6 Å². The maximum Gasteiger partial charge on any atom is 0.227 e. The van der Waals surface area contributed by atoms with Gasteiger partial charge in [-0.1, -0.05) is 18.2 Å². The van der Waals surface area contributed by atoms with E-state index in [9.17, 15) is 9.18 Å². The van der Waals surface area contributed by atoms with Crippen molar-refractivity contribution in [3.63, 3.8) is 0 Å². The summed E-state index contributed by atoms with van der Waals surface area (Å²) in [6.45, 7) is 3.25. The lowest BCUT2D eigenvalue weighted by atomic mass is 10.1. The molecule has 0 aromatic heterocycles. The zero-order valence-electron chi connectivity index (χ0n) is 10.2. The summed E-state index contributed by atoms with van der Waals surface area (Å²) in [5, 5.41) is 3.24. The Balaban J connectivity index is 0.00000162. The molecular weight excluding hydrogens is 255 g/mol. The molecule has 5 heteroatoms. The number of rotatable bonds is 2. The summed E-state index contributed by atoms with van der Waals surface area (Å²) in [6.07, 6.45) is 1.12. The summed E-state index contributed by atoms with van der Waals surface area (Å²) in [5.74, 6) is -0.285. The van der Waals surface area contributed by atoms with Crippen LogP contribution in [0.4, 0.5) is 4.39 Å². The van der Waals surface area contributed by atoms with E-state index in [4.69, 9.17) is 0 Å². The lowest BCUT2D eigenvalue weighted by molar-refractivity contribution is -0.130. The van der Waals surface area contributed by atoms with Crippen molar-refractivity contribution >= 4 is 18.3 Å². The van der Waals surface area contributed by atoms with Crippen LogP contribution < -0.4 is 5.32 Å². The molecule has 1 saturated heterocycles. The van der Waals surface area contributed by atoms with Gasteiger partial charge in [-0.2, -0.15) is 0 Å². The molecule has 0 radical (unpaired) electrons. The number of hydrogen-bond acceptors (Lipinski definition) is 2. The number of nitrogens with zero attached hydrogens (tertiary/aromatic N) is 1. The molecule has 0 unspecified atom stereocenters. The van der Waals surface area contributed by atoms with E-state index in [1.807, 2.05) is 4.90 Å². The fourth-order valence-electron chi connectivity index (χ4n) is 2.01. The number of carbonyl (C=O) groups is 1. The van der Waals surface area contributed by atoms with E-state index in [1.54, 1.807) is 18.2 Å². The Morgan fingerprint density at radius 2 is 2.06 bits per heavy atom. The SMILES string of the molecule is Cl.O=C(Cc1ccccc1F)N1CCCNCC1. The molecule has 0 atom stereocenters. The van der Waals surface area contributed by atoms with Crippen LogP contribution in [0.5, 0.6) is 0 Å². The monoisotopic (exact) mass is 272 g/mol. The summed E-state index contributed by atoms with van der Waals surface area (Å²) < 4.78 is 13.4. The molecule has 0 bridgehead atoms. The molecule has 1 heterocycles. The number of benzene rings is 1. The Morgan fingerprint density at radius 1 is 1.28 bits per heavy atom. The van der Waals surface area contributed by atoms with Gasteiger partial charge in [0.25, 0.3) is 0 Å². The molecule has 1 aromatic rings. The zero-order chi connectivity index (χ0) is 12.1. The lowest BCUT2D eigenvalue weighted by Gasteiger charge is -2.20. The maximum atomic E-state index is 13.4. The molecule has 100 valence electrons. The van der Waals surface area contributed by atoms with Crippen molar-refractivity contribution in [1.29, 1.82) is 0 Å². The normalized spacial score (nSPS) is 15.7. The Hall–Kier alpha value is -1.13. The Kier molecular flexibility index (Phi) is 6.09. The van der Waals surface area contributed by atoms with E-state index < -0.39 is 0 Å². The van der Waals surface area contributed by atoms with E-state index in [1.165, 1.54) is 6.07 Å². The predicted molar refractivity (Wildman–Crippen MR) is 71.4 cm³/mol. The Labute approximate surface area is 113 Å². The van der Waals surface area contributed by atoms with Crippen molar-refractivity contribution in [2.45, 2.75) is 12.8 Å². The van der Waals surface area contributed by atoms with Crippen LogP contribution in [0.25, 0.3) is 0 Å². The van der Waals surface area contributed by atoms with Gasteiger partial charge in [0.15, 0.2) is 0 Å². The zero-order valence-corrected chi connectivity index (χ0v) is 11.0. The quantitative estimate of drug-likeness (QED) is 0.887. The molecule has 1 aromatic carbocycles. The summed E-state index contributed by atoms with van der Waals surface area (Å²) in [4.78, 5) is 13.8. The molecule has 0 spiro atoms. The van der Waals surface area contributed by atoms with Gasteiger partial charge in [0.1, 0.15) is 5.82 Å². The molecule has 18 heavy (non-hydrogen) atoms. The van der Waals surface area contributed by atoms with Crippen molar-refractivity contribution in [2.75, 3.05) is 26.2 Å². The van der Waals surface area contributed by atoms with Crippen LogP contribution in [-0.2, 0) is 11.2 Å². The smallest absolute Gasteiger partial charge is 0.227 e. The summed E-state index contributed by atoms with van der Waals surface area (Å²) in [7, 11) is 0. The van der Waals surface area contributed by atoms with Crippen LogP contribution in [0.2, 0.25) is 0 Å². The lowest BCUT2D eigenvalue weighted by Crippen LogP contribution is -2.35. The Bertz CT molecular complexity index is 392. The van der Waals surface area contributed by atoms with E-state index in [0.29, 0.717) is 12.1 Å². The molecule has 1 N–H and O–H groups in total. The van der Waals surface area contributed by atoms with E-state index in [0.717, 1.165) is 26.1 Å². The number of hydrogen-bond donors (Lipinski definition) is 1. The number of halogens is 2. The average molecular weight is 273 g/mol. The summed E-state index contributed by atoms with van der Waals surface area (Å²) in [5.41, 5.74) is 0.481. The van der Waals surface area contributed by atoms with Crippen molar-refractivity contribution in [3.8, 4) is 0 Å². The molecule has 0 aliphatic carbocycles. The minimum atomic E-state index is -0.297. The minimum Gasteiger partial charge on any atom is -0.341 e. The van der Waals surface area contributed by atoms with Gasteiger partial charge in [-0.25, -0.2) is 4.39 Å². The predicted octanol–water partition coefficient (Wildman–Crippen LogP) is 1.61. The molecule has 0 saturated carbocycles. The highest BCUT2D eigenvalue weighted by Gasteiger charge is 2.16. The van der Waals surface area contributed by atoms with Crippen LogP contribution in [0.15, 0.2) is 24.3 Å². The van der Waals surface area contributed by atoms with Gasteiger partial charge in [-0.3, -0.25) is 4.79 Å². The maximum absolute atomic E-state index is 13.4. The molecule has 1 aliphatic rings. The third kappa shape index (κ3) is 3.96. The molecule has 3 nitrogen and oxygen atoms in total. The van der Waals surface area contributed by atoms with E-state index >= 15 is 0 Å². The highest BCUT2D eigenvalue weighted by Crippen LogP contribution is 2.09. The standard InChI is InChI=1S/C13H17FN2O.ClH/c14-12-5-2-1-4-11(12)10-13(17)16-8-3-6-15-7-9-16;/h1-2,4-5,15H,3,6-10H2;1H. The highest BCUT2D eigenvalue weighted by molar-refractivity contribution is 5.85. The van der Waals surface area contributed by atoms with Crippen molar-refractivity contribution in [2.24, 2.45) is 0 Å². The van der Waals surface area contributed by atoms with Gasteiger partial charge in [0, 0.05) is 19.6 Å². The van der Waals surface area contributed by atoms with E-state index in [2.05, 4.69) is 5.32 Å². The minimum absolute atomic E-state index is 0. The number of carbonyl (C=O) groups excluding carboxylic acids is 1.